The summed E-state index contributed by atoms with van der Waals surface area (Å²) in [5.74, 6) is 0.0237. The summed E-state index contributed by atoms with van der Waals surface area (Å²) in [4.78, 5) is 14.8. The molecule has 6 heteroatoms. The van der Waals surface area contributed by atoms with Gasteiger partial charge in [0.1, 0.15) is 0 Å². The Hall–Kier alpha value is -2.44. The zero-order valence-electron chi connectivity index (χ0n) is 16.3. The number of sulfonamides is 1. The van der Waals surface area contributed by atoms with E-state index in [4.69, 9.17) is 0 Å². The van der Waals surface area contributed by atoms with E-state index < -0.39 is 15.4 Å². The third kappa shape index (κ3) is 4.51. The summed E-state index contributed by atoms with van der Waals surface area (Å²) in [5, 5.41) is 1.24. The number of hydrogen-bond acceptors (Lipinski definition) is 3. The first kappa shape index (κ1) is 20.3. The quantitative estimate of drug-likeness (QED) is 0.778. The molecule has 0 unspecified atom stereocenters. The third-order valence-corrected chi connectivity index (χ3v) is 6.71. The fourth-order valence-corrected chi connectivity index (χ4v) is 4.51. The van der Waals surface area contributed by atoms with Gasteiger partial charge in [-0.15, -0.1) is 0 Å². The SMILES string of the molecule is CC(C)(C(=O)N1CCN(S(=O)(=O)C=Cc2ccccc2)CC1)c1ccccc1. The fraction of sp³-hybridized carbons (Fsp3) is 0.318. The first-order valence-corrected chi connectivity index (χ1v) is 10.9. The van der Waals surface area contributed by atoms with E-state index >= 15 is 0 Å². The van der Waals surface area contributed by atoms with Gasteiger partial charge in [-0.2, -0.15) is 4.31 Å². The largest absolute Gasteiger partial charge is 0.339 e. The minimum Gasteiger partial charge on any atom is -0.339 e. The van der Waals surface area contributed by atoms with Gasteiger partial charge in [0.15, 0.2) is 0 Å². The van der Waals surface area contributed by atoms with Crippen molar-refractivity contribution in [3.8, 4) is 0 Å². The Kier molecular flexibility index (Phi) is 6.01. The molecule has 1 amide bonds. The van der Waals surface area contributed by atoms with Gasteiger partial charge in [-0.1, -0.05) is 60.7 Å². The summed E-state index contributed by atoms with van der Waals surface area (Å²) in [6.07, 6.45) is 1.60. The van der Waals surface area contributed by atoms with Crippen LogP contribution in [0.2, 0.25) is 0 Å². The van der Waals surface area contributed by atoms with Gasteiger partial charge in [-0.25, -0.2) is 8.42 Å². The molecule has 0 spiro atoms. The first-order valence-electron chi connectivity index (χ1n) is 9.39. The molecule has 1 aliphatic rings. The minimum atomic E-state index is -3.50. The van der Waals surface area contributed by atoms with E-state index in [1.165, 1.54) is 9.71 Å². The molecule has 148 valence electrons. The first-order chi connectivity index (χ1) is 13.3. The maximum Gasteiger partial charge on any atom is 0.236 e. The second-order valence-corrected chi connectivity index (χ2v) is 9.26. The van der Waals surface area contributed by atoms with E-state index in [0.717, 1.165) is 11.1 Å². The molecule has 1 saturated heterocycles. The number of nitrogens with zero attached hydrogens (tertiary/aromatic N) is 2. The molecular weight excluding hydrogens is 372 g/mol. The number of piperazine rings is 1. The molecule has 1 aliphatic heterocycles. The highest BCUT2D eigenvalue weighted by molar-refractivity contribution is 7.92. The van der Waals surface area contributed by atoms with Gasteiger partial charge in [-0.05, 0) is 31.1 Å². The number of carbonyl (C=O) groups is 1. The lowest BCUT2D eigenvalue weighted by Gasteiger charge is -2.38. The van der Waals surface area contributed by atoms with Gasteiger partial charge in [0.05, 0.1) is 5.41 Å². The Morgan fingerprint density at radius 1 is 0.893 bits per heavy atom. The second kappa shape index (κ2) is 8.29. The summed E-state index contributed by atoms with van der Waals surface area (Å²) in [6, 6.07) is 19.0. The Balaban J connectivity index is 1.64. The summed E-state index contributed by atoms with van der Waals surface area (Å²) in [7, 11) is -3.50. The predicted molar refractivity (Wildman–Crippen MR) is 112 cm³/mol. The zero-order chi connectivity index (χ0) is 20.2. The van der Waals surface area contributed by atoms with Crippen LogP contribution in [0.3, 0.4) is 0 Å². The summed E-state index contributed by atoms with van der Waals surface area (Å²) < 4.78 is 26.6. The van der Waals surface area contributed by atoms with Gasteiger partial charge >= 0.3 is 0 Å². The van der Waals surface area contributed by atoms with Crippen molar-refractivity contribution in [1.29, 1.82) is 0 Å². The molecule has 2 aromatic carbocycles. The topological polar surface area (TPSA) is 57.7 Å². The molecule has 5 nitrogen and oxygen atoms in total. The molecule has 0 radical (unpaired) electrons. The van der Waals surface area contributed by atoms with Crippen LogP contribution in [0.15, 0.2) is 66.1 Å². The highest BCUT2D eigenvalue weighted by Gasteiger charge is 2.36. The van der Waals surface area contributed by atoms with Crippen molar-refractivity contribution in [1.82, 2.24) is 9.21 Å². The Labute approximate surface area is 167 Å². The van der Waals surface area contributed by atoms with E-state index in [1.54, 1.807) is 11.0 Å². The van der Waals surface area contributed by atoms with E-state index in [-0.39, 0.29) is 5.91 Å². The Bertz CT molecular complexity index is 930. The van der Waals surface area contributed by atoms with Gasteiger partial charge < -0.3 is 4.90 Å². The van der Waals surface area contributed by atoms with Crippen LogP contribution < -0.4 is 0 Å². The number of rotatable bonds is 5. The van der Waals surface area contributed by atoms with Crippen molar-refractivity contribution in [3.63, 3.8) is 0 Å². The molecule has 28 heavy (non-hydrogen) atoms. The normalized spacial score (nSPS) is 16.4. The number of benzene rings is 2. The number of hydrogen-bond donors (Lipinski definition) is 0. The maximum absolute atomic E-state index is 13.0. The minimum absolute atomic E-state index is 0.0237. The van der Waals surface area contributed by atoms with Crippen LogP contribution in [-0.2, 0) is 20.2 Å². The molecule has 1 heterocycles. The van der Waals surface area contributed by atoms with Crippen molar-refractivity contribution in [2.24, 2.45) is 0 Å². The van der Waals surface area contributed by atoms with Crippen LogP contribution in [0, 0.1) is 0 Å². The molecule has 1 fully saturated rings. The monoisotopic (exact) mass is 398 g/mol. The molecule has 0 atom stereocenters. The number of amides is 1. The van der Waals surface area contributed by atoms with Crippen molar-refractivity contribution >= 4 is 22.0 Å². The molecule has 0 aliphatic carbocycles. The lowest BCUT2D eigenvalue weighted by molar-refractivity contribution is -0.137. The van der Waals surface area contributed by atoms with Crippen molar-refractivity contribution in [3.05, 3.63) is 77.2 Å². The summed E-state index contributed by atoms with van der Waals surface area (Å²) in [5.41, 5.74) is 1.15. The zero-order valence-corrected chi connectivity index (χ0v) is 17.1. The predicted octanol–water partition coefficient (Wildman–Crippen LogP) is 3.11. The van der Waals surface area contributed by atoms with Crippen LogP contribution in [0.1, 0.15) is 25.0 Å². The average Bonchev–Trinajstić information content (AvgIpc) is 2.73. The standard InChI is InChI=1S/C22H26N2O3S/c1-22(2,20-11-7-4-8-12-20)21(25)23-14-16-24(17-15-23)28(26,27)18-13-19-9-5-3-6-10-19/h3-13,18H,14-17H2,1-2H3. The van der Waals surface area contributed by atoms with Gasteiger partial charge in [-0.3, -0.25) is 4.79 Å². The summed E-state index contributed by atoms with van der Waals surface area (Å²) in [6.45, 7) is 5.23. The molecule has 3 rings (SSSR count). The van der Waals surface area contributed by atoms with Gasteiger partial charge in [0.25, 0.3) is 0 Å². The van der Waals surface area contributed by atoms with E-state index in [2.05, 4.69) is 0 Å². The molecule has 0 N–H and O–H groups in total. The lowest BCUT2D eigenvalue weighted by atomic mass is 9.83. The van der Waals surface area contributed by atoms with Crippen molar-refractivity contribution in [2.45, 2.75) is 19.3 Å². The van der Waals surface area contributed by atoms with Crippen LogP contribution in [0.25, 0.3) is 6.08 Å². The summed E-state index contributed by atoms with van der Waals surface area (Å²) >= 11 is 0. The Morgan fingerprint density at radius 2 is 1.43 bits per heavy atom. The highest BCUT2D eigenvalue weighted by Crippen LogP contribution is 2.26. The van der Waals surface area contributed by atoms with Gasteiger partial charge in [0, 0.05) is 31.6 Å². The van der Waals surface area contributed by atoms with Gasteiger partial charge in [0.2, 0.25) is 15.9 Å². The molecular formula is C22H26N2O3S. The van der Waals surface area contributed by atoms with Crippen LogP contribution >= 0.6 is 0 Å². The molecule has 2 aromatic rings. The number of carbonyl (C=O) groups excluding carboxylic acids is 1. The maximum atomic E-state index is 13.0. The fourth-order valence-electron chi connectivity index (χ4n) is 3.33. The van der Waals surface area contributed by atoms with Crippen LogP contribution in [0.4, 0.5) is 0 Å². The van der Waals surface area contributed by atoms with Crippen LogP contribution in [0.5, 0.6) is 0 Å². The highest BCUT2D eigenvalue weighted by atomic mass is 32.2. The molecule has 0 aromatic heterocycles. The smallest absolute Gasteiger partial charge is 0.236 e. The van der Waals surface area contributed by atoms with Crippen molar-refractivity contribution in [2.75, 3.05) is 26.2 Å². The average molecular weight is 399 g/mol. The van der Waals surface area contributed by atoms with Crippen LogP contribution in [-0.4, -0.2) is 49.7 Å². The third-order valence-electron chi connectivity index (χ3n) is 5.15. The van der Waals surface area contributed by atoms with Crippen molar-refractivity contribution < 1.29 is 13.2 Å². The lowest BCUT2D eigenvalue weighted by Crippen LogP contribution is -2.54. The van der Waals surface area contributed by atoms with E-state index in [0.29, 0.717) is 26.2 Å². The molecule has 0 bridgehead atoms. The Morgan fingerprint density at radius 3 is 2.00 bits per heavy atom. The molecule has 0 saturated carbocycles. The van der Waals surface area contributed by atoms with E-state index in [9.17, 15) is 13.2 Å². The second-order valence-electron chi connectivity index (χ2n) is 7.44. The van der Waals surface area contributed by atoms with E-state index in [1.807, 2.05) is 74.5 Å².